The van der Waals surface area contributed by atoms with Gasteiger partial charge in [0.05, 0.1) is 5.84 Å². The largest absolute Gasteiger partial charge is 0.368 e. The van der Waals surface area contributed by atoms with Crippen LogP contribution in [0.3, 0.4) is 0 Å². The highest BCUT2D eigenvalue weighted by molar-refractivity contribution is 5.79. The van der Waals surface area contributed by atoms with E-state index in [1.165, 1.54) is 16.8 Å². The molecule has 1 aromatic carbocycles. The van der Waals surface area contributed by atoms with Gasteiger partial charge in [-0.3, -0.25) is 5.41 Å². The van der Waals surface area contributed by atoms with Crippen LogP contribution in [0.2, 0.25) is 0 Å². The van der Waals surface area contributed by atoms with E-state index in [4.69, 9.17) is 5.41 Å². The molecule has 0 spiro atoms. The van der Waals surface area contributed by atoms with Crippen LogP contribution in [0.4, 0.5) is 5.69 Å². The Morgan fingerprint density at radius 1 is 1.17 bits per heavy atom. The van der Waals surface area contributed by atoms with Gasteiger partial charge < -0.3 is 9.80 Å². The van der Waals surface area contributed by atoms with Crippen LogP contribution in [-0.2, 0) is 0 Å². The van der Waals surface area contributed by atoms with Gasteiger partial charge in [0.25, 0.3) is 0 Å². The van der Waals surface area contributed by atoms with E-state index in [-0.39, 0.29) is 0 Å². The number of piperazine rings is 1. The molecule has 1 N–H and O–H groups in total. The fraction of sp³-hybridized carbons (Fsp3) is 0.533. The molecule has 3 nitrogen and oxygen atoms in total. The average Bonchev–Trinajstić information content (AvgIpc) is 2.41. The Morgan fingerprint density at radius 2 is 1.83 bits per heavy atom. The van der Waals surface area contributed by atoms with E-state index in [9.17, 15) is 0 Å². The number of benzene rings is 1. The van der Waals surface area contributed by atoms with Gasteiger partial charge in [-0.15, -0.1) is 0 Å². The van der Waals surface area contributed by atoms with Crippen molar-refractivity contribution in [2.45, 2.75) is 27.2 Å². The molecule has 1 fully saturated rings. The summed E-state index contributed by atoms with van der Waals surface area (Å²) in [5, 5.41) is 7.89. The maximum atomic E-state index is 7.89. The Bertz CT molecular complexity index is 431. The molecule has 1 aliphatic heterocycles. The molecular formula is C15H23N3. The lowest BCUT2D eigenvalue weighted by Gasteiger charge is -2.38. The monoisotopic (exact) mass is 245 g/mol. The van der Waals surface area contributed by atoms with Crippen molar-refractivity contribution >= 4 is 11.5 Å². The second-order valence-electron chi connectivity index (χ2n) is 4.99. The van der Waals surface area contributed by atoms with E-state index in [0.29, 0.717) is 0 Å². The molecule has 0 aliphatic carbocycles. The summed E-state index contributed by atoms with van der Waals surface area (Å²) in [7, 11) is 0. The topological polar surface area (TPSA) is 30.3 Å². The molecule has 18 heavy (non-hydrogen) atoms. The zero-order valence-electron chi connectivity index (χ0n) is 11.7. The number of hydrogen-bond acceptors (Lipinski definition) is 2. The van der Waals surface area contributed by atoms with Gasteiger partial charge in [-0.2, -0.15) is 0 Å². The van der Waals surface area contributed by atoms with E-state index in [0.717, 1.165) is 38.4 Å². The molecule has 2 rings (SSSR count). The fourth-order valence-corrected chi connectivity index (χ4v) is 2.52. The number of amidine groups is 1. The molecule has 0 aromatic heterocycles. The highest BCUT2D eigenvalue weighted by Gasteiger charge is 2.19. The molecule has 1 aromatic rings. The van der Waals surface area contributed by atoms with Crippen LogP contribution in [0, 0.1) is 19.3 Å². The first-order valence-corrected chi connectivity index (χ1v) is 6.77. The lowest BCUT2D eigenvalue weighted by molar-refractivity contribution is 0.377. The summed E-state index contributed by atoms with van der Waals surface area (Å²) in [5.74, 6) is 0.774. The van der Waals surface area contributed by atoms with Crippen molar-refractivity contribution in [3.63, 3.8) is 0 Å². The van der Waals surface area contributed by atoms with Gasteiger partial charge in [0.1, 0.15) is 0 Å². The van der Waals surface area contributed by atoms with Crippen LogP contribution in [0.5, 0.6) is 0 Å². The van der Waals surface area contributed by atoms with Crippen molar-refractivity contribution < 1.29 is 0 Å². The van der Waals surface area contributed by atoms with E-state index in [2.05, 4.69) is 48.8 Å². The maximum absolute atomic E-state index is 7.89. The second-order valence-corrected chi connectivity index (χ2v) is 4.99. The number of aryl methyl sites for hydroxylation is 1. The van der Waals surface area contributed by atoms with Crippen LogP contribution in [0.25, 0.3) is 0 Å². The first-order valence-electron chi connectivity index (χ1n) is 6.77. The Morgan fingerprint density at radius 3 is 2.44 bits per heavy atom. The molecule has 0 bridgehead atoms. The smallest absolute Gasteiger partial charge is 0.0956 e. The summed E-state index contributed by atoms with van der Waals surface area (Å²) in [6, 6.07) is 6.52. The van der Waals surface area contributed by atoms with Crippen LogP contribution in [0.15, 0.2) is 18.2 Å². The van der Waals surface area contributed by atoms with Gasteiger partial charge in [-0.25, -0.2) is 0 Å². The van der Waals surface area contributed by atoms with Gasteiger partial charge in [0.15, 0.2) is 0 Å². The third-order valence-electron chi connectivity index (χ3n) is 3.91. The molecule has 0 unspecified atom stereocenters. The molecule has 1 heterocycles. The standard InChI is InChI=1S/C15H23N3/c1-4-15(16)18-10-8-17(9-11-18)14-7-5-6-12(2)13(14)3/h5-7,16H,4,8-11H2,1-3H3. The van der Waals surface area contributed by atoms with Crippen LogP contribution >= 0.6 is 0 Å². The van der Waals surface area contributed by atoms with E-state index >= 15 is 0 Å². The van der Waals surface area contributed by atoms with Crippen molar-refractivity contribution in [3.05, 3.63) is 29.3 Å². The summed E-state index contributed by atoms with van der Waals surface area (Å²) < 4.78 is 0. The van der Waals surface area contributed by atoms with Crippen molar-refractivity contribution in [1.82, 2.24) is 4.90 Å². The fourth-order valence-electron chi connectivity index (χ4n) is 2.52. The Kier molecular flexibility index (Phi) is 3.90. The Balaban J connectivity index is 2.06. The minimum atomic E-state index is 0.774. The van der Waals surface area contributed by atoms with Crippen LogP contribution < -0.4 is 4.90 Å². The van der Waals surface area contributed by atoms with E-state index in [1.807, 2.05) is 0 Å². The molecule has 0 amide bonds. The number of hydrogen-bond donors (Lipinski definition) is 1. The molecule has 0 saturated carbocycles. The third-order valence-corrected chi connectivity index (χ3v) is 3.91. The van der Waals surface area contributed by atoms with Gasteiger partial charge in [0, 0.05) is 38.3 Å². The van der Waals surface area contributed by atoms with Crippen LogP contribution in [-0.4, -0.2) is 36.9 Å². The molecule has 0 radical (unpaired) electrons. The number of nitrogens with one attached hydrogen (secondary N) is 1. The molecule has 98 valence electrons. The SMILES string of the molecule is CCC(=N)N1CCN(c2cccc(C)c2C)CC1. The van der Waals surface area contributed by atoms with Crippen molar-refractivity contribution in [3.8, 4) is 0 Å². The second kappa shape index (κ2) is 5.42. The van der Waals surface area contributed by atoms with Gasteiger partial charge >= 0.3 is 0 Å². The van der Waals surface area contributed by atoms with Crippen molar-refractivity contribution in [2.24, 2.45) is 0 Å². The number of nitrogens with zero attached hydrogens (tertiary/aromatic N) is 2. The number of rotatable bonds is 2. The third kappa shape index (κ3) is 2.50. The number of anilines is 1. The molecule has 3 heteroatoms. The predicted octanol–water partition coefficient (Wildman–Crippen LogP) is 2.81. The van der Waals surface area contributed by atoms with Crippen molar-refractivity contribution in [1.29, 1.82) is 5.41 Å². The molecular weight excluding hydrogens is 222 g/mol. The zero-order chi connectivity index (χ0) is 13.1. The van der Waals surface area contributed by atoms with Crippen molar-refractivity contribution in [2.75, 3.05) is 31.1 Å². The minimum Gasteiger partial charge on any atom is -0.368 e. The van der Waals surface area contributed by atoms with E-state index < -0.39 is 0 Å². The highest BCUT2D eigenvalue weighted by atomic mass is 15.3. The molecule has 1 saturated heterocycles. The quantitative estimate of drug-likeness (QED) is 0.641. The Labute approximate surface area is 110 Å². The summed E-state index contributed by atoms with van der Waals surface area (Å²) >= 11 is 0. The average molecular weight is 245 g/mol. The normalized spacial score (nSPS) is 15.9. The first-order chi connectivity index (χ1) is 8.63. The lowest BCUT2D eigenvalue weighted by atomic mass is 10.1. The summed E-state index contributed by atoms with van der Waals surface area (Å²) in [6.07, 6.45) is 0.837. The van der Waals surface area contributed by atoms with E-state index in [1.54, 1.807) is 0 Å². The van der Waals surface area contributed by atoms with Crippen LogP contribution in [0.1, 0.15) is 24.5 Å². The predicted molar refractivity (Wildman–Crippen MR) is 77.7 cm³/mol. The van der Waals surface area contributed by atoms with Gasteiger partial charge in [-0.05, 0) is 31.0 Å². The Hall–Kier alpha value is -1.51. The minimum absolute atomic E-state index is 0.774. The molecule has 0 atom stereocenters. The maximum Gasteiger partial charge on any atom is 0.0956 e. The summed E-state index contributed by atoms with van der Waals surface area (Å²) in [4.78, 5) is 4.64. The lowest BCUT2D eigenvalue weighted by Crippen LogP contribution is -2.48. The zero-order valence-corrected chi connectivity index (χ0v) is 11.7. The molecule has 1 aliphatic rings. The highest BCUT2D eigenvalue weighted by Crippen LogP contribution is 2.23. The van der Waals surface area contributed by atoms with Gasteiger partial charge in [0.2, 0.25) is 0 Å². The summed E-state index contributed by atoms with van der Waals surface area (Å²) in [5.41, 5.74) is 4.10. The first kappa shape index (κ1) is 12.9. The summed E-state index contributed by atoms with van der Waals surface area (Å²) in [6.45, 7) is 10.4. The van der Waals surface area contributed by atoms with Gasteiger partial charge in [-0.1, -0.05) is 19.1 Å².